The summed E-state index contributed by atoms with van der Waals surface area (Å²) >= 11 is 0. The lowest BCUT2D eigenvalue weighted by Crippen LogP contribution is -2.39. The molecule has 0 saturated carbocycles. The van der Waals surface area contributed by atoms with Crippen LogP contribution in [0.5, 0.6) is 11.5 Å². The zero-order valence-electron chi connectivity index (χ0n) is 14.6. The van der Waals surface area contributed by atoms with Crippen LogP contribution in [0.4, 0.5) is 4.39 Å². The maximum absolute atomic E-state index is 12.9. The Hall–Kier alpha value is -2.12. The van der Waals surface area contributed by atoms with Gasteiger partial charge in [-0.1, -0.05) is 0 Å². The summed E-state index contributed by atoms with van der Waals surface area (Å²) in [6.07, 6.45) is 1.47. The van der Waals surface area contributed by atoms with Gasteiger partial charge in [-0.25, -0.2) is 12.8 Å². The van der Waals surface area contributed by atoms with Crippen LogP contribution in [-0.4, -0.2) is 39.5 Å². The molecule has 2 aromatic carbocycles. The summed E-state index contributed by atoms with van der Waals surface area (Å²) in [6.45, 7) is 1.43. The lowest BCUT2D eigenvalue weighted by molar-refractivity contribution is 0.185. The number of methoxy groups -OCH3 is 1. The van der Waals surface area contributed by atoms with Gasteiger partial charge >= 0.3 is 0 Å². The highest BCUT2D eigenvalue weighted by Gasteiger charge is 2.29. The minimum absolute atomic E-state index is 0.277. The first-order valence-electron chi connectivity index (χ1n) is 8.51. The molecular formula is C19H22FNO4S. The second-order valence-electron chi connectivity index (χ2n) is 6.29. The highest BCUT2D eigenvalue weighted by atomic mass is 32.2. The Balaban J connectivity index is 1.54. The Kier molecular flexibility index (Phi) is 5.78. The maximum Gasteiger partial charge on any atom is 0.243 e. The van der Waals surface area contributed by atoms with E-state index in [9.17, 15) is 12.8 Å². The van der Waals surface area contributed by atoms with E-state index in [0.29, 0.717) is 31.2 Å². The second-order valence-corrected chi connectivity index (χ2v) is 8.23. The Labute approximate surface area is 153 Å². The Morgan fingerprint density at radius 1 is 1.00 bits per heavy atom. The molecule has 0 spiro atoms. The Morgan fingerprint density at radius 3 is 2.15 bits per heavy atom. The van der Waals surface area contributed by atoms with Crippen LogP contribution in [0.1, 0.15) is 12.8 Å². The van der Waals surface area contributed by atoms with Gasteiger partial charge in [-0.2, -0.15) is 4.31 Å². The number of benzene rings is 2. The predicted molar refractivity (Wildman–Crippen MR) is 96.4 cm³/mol. The van der Waals surface area contributed by atoms with Gasteiger partial charge < -0.3 is 9.47 Å². The number of sulfonamides is 1. The monoisotopic (exact) mass is 379 g/mol. The molecule has 3 rings (SSSR count). The third kappa shape index (κ3) is 4.34. The molecule has 5 nitrogen and oxygen atoms in total. The Morgan fingerprint density at radius 2 is 1.58 bits per heavy atom. The van der Waals surface area contributed by atoms with Crippen LogP contribution in [0.15, 0.2) is 53.4 Å². The van der Waals surface area contributed by atoms with E-state index in [4.69, 9.17) is 9.47 Å². The van der Waals surface area contributed by atoms with Crippen molar-refractivity contribution in [2.24, 2.45) is 5.92 Å². The zero-order chi connectivity index (χ0) is 18.6. The van der Waals surface area contributed by atoms with E-state index < -0.39 is 10.0 Å². The molecule has 1 heterocycles. The quantitative estimate of drug-likeness (QED) is 0.773. The van der Waals surface area contributed by atoms with Crippen molar-refractivity contribution in [2.75, 3.05) is 26.8 Å². The third-order valence-corrected chi connectivity index (χ3v) is 6.48. The van der Waals surface area contributed by atoms with E-state index in [1.54, 1.807) is 43.5 Å². The minimum Gasteiger partial charge on any atom is -0.497 e. The van der Waals surface area contributed by atoms with Crippen LogP contribution < -0.4 is 9.47 Å². The molecule has 26 heavy (non-hydrogen) atoms. The van der Waals surface area contributed by atoms with Gasteiger partial charge in [-0.3, -0.25) is 0 Å². The molecule has 1 aliphatic rings. The summed E-state index contributed by atoms with van der Waals surface area (Å²) < 4.78 is 50.6. The van der Waals surface area contributed by atoms with Gasteiger partial charge in [0, 0.05) is 13.1 Å². The largest absolute Gasteiger partial charge is 0.497 e. The number of hydrogen-bond acceptors (Lipinski definition) is 4. The van der Waals surface area contributed by atoms with Crippen molar-refractivity contribution in [3.05, 3.63) is 54.3 Å². The topological polar surface area (TPSA) is 55.8 Å². The second kappa shape index (κ2) is 8.05. The molecule has 0 amide bonds. The van der Waals surface area contributed by atoms with Gasteiger partial charge in [0.2, 0.25) is 10.0 Å². The molecule has 0 radical (unpaired) electrons. The normalized spacial score (nSPS) is 16.4. The molecule has 140 valence electrons. The Bertz CT molecular complexity index is 814. The van der Waals surface area contributed by atoms with Gasteiger partial charge in [-0.05, 0) is 67.3 Å². The van der Waals surface area contributed by atoms with Crippen LogP contribution in [0, 0.1) is 11.7 Å². The summed E-state index contributed by atoms with van der Waals surface area (Å²) in [5.41, 5.74) is 0. The lowest BCUT2D eigenvalue weighted by atomic mass is 9.99. The van der Waals surface area contributed by atoms with Crippen molar-refractivity contribution in [1.29, 1.82) is 0 Å². The molecule has 7 heteroatoms. The zero-order valence-corrected chi connectivity index (χ0v) is 15.4. The van der Waals surface area contributed by atoms with Gasteiger partial charge in [0.25, 0.3) is 0 Å². The van der Waals surface area contributed by atoms with Crippen LogP contribution in [0.2, 0.25) is 0 Å². The van der Waals surface area contributed by atoms with Crippen molar-refractivity contribution in [3.8, 4) is 11.5 Å². The van der Waals surface area contributed by atoms with Gasteiger partial charge in [0.1, 0.15) is 17.3 Å². The van der Waals surface area contributed by atoms with Gasteiger partial charge in [0.05, 0.1) is 18.6 Å². The van der Waals surface area contributed by atoms with E-state index in [1.165, 1.54) is 16.4 Å². The molecule has 0 aliphatic carbocycles. The number of hydrogen-bond donors (Lipinski definition) is 0. The SMILES string of the molecule is COc1ccc(S(=O)(=O)N2CCC(COc3ccc(F)cc3)CC2)cc1. The molecule has 0 atom stereocenters. The number of piperidine rings is 1. The van der Waals surface area contributed by atoms with Crippen LogP contribution in [0.25, 0.3) is 0 Å². The fourth-order valence-corrected chi connectivity index (χ4v) is 4.43. The summed E-state index contributed by atoms with van der Waals surface area (Å²) in [5, 5.41) is 0. The van der Waals surface area contributed by atoms with Crippen molar-refractivity contribution in [1.82, 2.24) is 4.31 Å². The van der Waals surface area contributed by atoms with E-state index in [2.05, 4.69) is 0 Å². The van der Waals surface area contributed by atoms with Gasteiger partial charge in [0.15, 0.2) is 0 Å². The molecular weight excluding hydrogens is 357 g/mol. The summed E-state index contributed by atoms with van der Waals surface area (Å²) in [4.78, 5) is 0.277. The van der Waals surface area contributed by atoms with Crippen LogP contribution in [0.3, 0.4) is 0 Å². The van der Waals surface area contributed by atoms with Crippen molar-refractivity contribution in [2.45, 2.75) is 17.7 Å². The minimum atomic E-state index is -3.49. The molecule has 0 unspecified atom stereocenters. The van der Waals surface area contributed by atoms with Crippen molar-refractivity contribution >= 4 is 10.0 Å². The lowest BCUT2D eigenvalue weighted by Gasteiger charge is -2.31. The first kappa shape index (κ1) is 18.7. The molecule has 2 aromatic rings. The molecule has 1 aliphatic heterocycles. The highest BCUT2D eigenvalue weighted by Crippen LogP contribution is 2.25. The number of rotatable bonds is 6. The van der Waals surface area contributed by atoms with Crippen molar-refractivity contribution in [3.63, 3.8) is 0 Å². The number of ether oxygens (including phenoxy) is 2. The van der Waals surface area contributed by atoms with Crippen LogP contribution >= 0.6 is 0 Å². The average molecular weight is 379 g/mol. The fraction of sp³-hybridized carbons (Fsp3) is 0.368. The van der Waals surface area contributed by atoms with E-state index in [1.807, 2.05) is 0 Å². The van der Waals surface area contributed by atoms with E-state index >= 15 is 0 Å². The molecule has 1 fully saturated rings. The summed E-state index contributed by atoms with van der Waals surface area (Å²) in [5.74, 6) is 1.23. The highest BCUT2D eigenvalue weighted by molar-refractivity contribution is 7.89. The molecule has 0 N–H and O–H groups in total. The molecule has 0 bridgehead atoms. The molecule has 1 saturated heterocycles. The first-order chi connectivity index (χ1) is 12.5. The van der Waals surface area contributed by atoms with E-state index in [0.717, 1.165) is 12.8 Å². The number of halogens is 1. The first-order valence-corrected chi connectivity index (χ1v) is 9.95. The predicted octanol–water partition coefficient (Wildman–Crippen LogP) is 3.31. The smallest absolute Gasteiger partial charge is 0.243 e. The standard InChI is InChI=1S/C19H22FNO4S/c1-24-17-6-8-19(9-7-17)26(22,23)21-12-10-15(11-13-21)14-25-18-4-2-16(20)3-5-18/h2-9,15H,10-14H2,1H3. The summed E-state index contributed by atoms with van der Waals surface area (Å²) in [6, 6.07) is 12.3. The maximum atomic E-state index is 12.9. The van der Waals surface area contributed by atoms with Gasteiger partial charge in [-0.15, -0.1) is 0 Å². The third-order valence-electron chi connectivity index (χ3n) is 4.57. The molecule has 0 aromatic heterocycles. The van der Waals surface area contributed by atoms with Crippen LogP contribution in [-0.2, 0) is 10.0 Å². The van der Waals surface area contributed by atoms with E-state index in [-0.39, 0.29) is 16.6 Å². The average Bonchev–Trinajstić information content (AvgIpc) is 2.68. The summed E-state index contributed by atoms with van der Waals surface area (Å²) in [7, 11) is -1.94. The number of nitrogens with zero attached hydrogens (tertiary/aromatic N) is 1. The fourth-order valence-electron chi connectivity index (χ4n) is 2.96. The van der Waals surface area contributed by atoms with Crippen molar-refractivity contribution < 1.29 is 22.3 Å².